The van der Waals surface area contributed by atoms with Crippen LogP contribution in [-0.4, -0.2) is 39.2 Å². The van der Waals surface area contributed by atoms with Crippen molar-refractivity contribution < 1.29 is 4.79 Å². The Kier molecular flexibility index (Phi) is 6.53. The Morgan fingerprint density at radius 2 is 1.94 bits per heavy atom. The van der Waals surface area contributed by atoms with E-state index in [1.54, 1.807) is 15.9 Å². The first-order valence-corrected chi connectivity index (χ1v) is 12.8. The molecule has 0 radical (unpaired) electrons. The van der Waals surface area contributed by atoms with Gasteiger partial charge in [-0.1, -0.05) is 23.9 Å². The van der Waals surface area contributed by atoms with Crippen LogP contribution in [-0.2, 0) is 17.6 Å². The molecule has 0 aliphatic heterocycles. The number of amides is 1. The van der Waals surface area contributed by atoms with Gasteiger partial charge >= 0.3 is 0 Å². The van der Waals surface area contributed by atoms with E-state index in [4.69, 9.17) is 4.98 Å². The van der Waals surface area contributed by atoms with Gasteiger partial charge in [0, 0.05) is 18.0 Å². The van der Waals surface area contributed by atoms with Crippen LogP contribution in [0.5, 0.6) is 0 Å². The molecule has 3 aromatic rings. The Bertz CT molecular complexity index is 1190. The third-order valence-corrected chi connectivity index (χ3v) is 8.11. The van der Waals surface area contributed by atoms with Crippen LogP contribution in [0.3, 0.4) is 0 Å². The SMILES string of the molecule is CCN(CC)C(=O)CSc1nc2sc3c(c2c(=O)n1-c1cc(C)ccc1C)CCCC3. The number of fused-ring (bicyclic) bond motifs is 3. The molecule has 4 rings (SSSR count). The van der Waals surface area contributed by atoms with Crippen LogP contribution < -0.4 is 5.56 Å². The lowest BCUT2D eigenvalue weighted by molar-refractivity contribution is -0.127. The summed E-state index contributed by atoms with van der Waals surface area (Å²) < 4.78 is 1.74. The Morgan fingerprint density at radius 3 is 2.68 bits per heavy atom. The van der Waals surface area contributed by atoms with Gasteiger partial charge in [-0.15, -0.1) is 11.3 Å². The van der Waals surface area contributed by atoms with E-state index in [-0.39, 0.29) is 17.2 Å². The van der Waals surface area contributed by atoms with Crippen molar-refractivity contribution in [1.29, 1.82) is 0 Å². The first-order chi connectivity index (χ1) is 14.9. The number of benzene rings is 1. The maximum Gasteiger partial charge on any atom is 0.267 e. The number of hydrogen-bond acceptors (Lipinski definition) is 5. The molecule has 0 N–H and O–H groups in total. The van der Waals surface area contributed by atoms with E-state index >= 15 is 0 Å². The van der Waals surface area contributed by atoms with Gasteiger partial charge in [0.1, 0.15) is 4.83 Å². The summed E-state index contributed by atoms with van der Waals surface area (Å²) in [6.07, 6.45) is 4.27. The summed E-state index contributed by atoms with van der Waals surface area (Å²) in [5.74, 6) is 0.345. The van der Waals surface area contributed by atoms with Crippen molar-refractivity contribution in [2.45, 2.75) is 58.5 Å². The van der Waals surface area contributed by atoms with Crippen molar-refractivity contribution in [3.8, 4) is 5.69 Å². The summed E-state index contributed by atoms with van der Waals surface area (Å²) in [7, 11) is 0. The van der Waals surface area contributed by atoms with Crippen LogP contribution >= 0.6 is 23.1 Å². The number of aryl methyl sites for hydroxylation is 4. The lowest BCUT2D eigenvalue weighted by atomic mass is 9.97. The van der Waals surface area contributed by atoms with E-state index in [1.807, 2.05) is 44.7 Å². The molecule has 1 aliphatic rings. The fourth-order valence-corrected chi connectivity index (χ4v) is 6.46. The molecular formula is C24H29N3O2S2. The molecule has 0 fully saturated rings. The standard InChI is InChI=1S/C24H29N3O2S2/c1-5-26(6-2)20(28)14-30-24-25-22-21(17-9-7-8-10-19(17)31-22)23(29)27(24)18-13-15(3)11-12-16(18)4/h11-13H,5-10,14H2,1-4H3. The molecular weight excluding hydrogens is 426 g/mol. The highest BCUT2D eigenvalue weighted by Crippen LogP contribution is 2.35. The highest BCUT2D eigenvalue weighted by molar-refractivity contribution is 7.99. The van der Waals surface area contributed by atoms with Gasteiger partial charge in [0.2, 0.25) is 5.91 Å². The smallest absolute Gasteiger partial charge is 0.267 e. The van der Waals surface area contributed by atoms with E-state index in [0.717, 1.165) is 46.3 Å². The number of hydrogen-bond donors (Lipinski definition) is 0. The van der Waals surface area contributed by atoms with E-state index < -0.39 is 0 Å². The molecule has 1 aromatic carbocycles. The zero-order valence-electron chi connectivity index (χ0n) is 18.7. The number of rotatable bonds is 6. The molecule has 7 heteroatoms. The van der Waals surface area contributed by atoms with Gasteiger partial charge in [-0.05, 0) is 76.1 Å². The number of carbonyl (C=O) groups is 1. The number of nitrogens with zero attached hydrogens (tertiary/aromatic N) is 3. The first-order valence-electron chi connectivity index (χ1n) is 11.0. The van der Waals surface area contributed by atoms with Gasteiger partial charge in [-0.25, -0.2) is 4.98 Å². The molecule has 5 nitrogen and oxygen atoms in total. The van der Waals surface area contributed by atoms with E-state index in [9.17, 15) is 9.59 Å². The first kappa shape index (κ1) is 22.1. The van der Waals surface area contributed by atoms with Crippen LogP contribution in [0.25, 0.3) is 15.9 Å². The second kappa shape index (κ2) is 9.17. The second-order valence-electron chi connectivity index (χ2n) is 8.07. The molecule has 0 spiro atoms. The Balaban J connectivity index is 1.88. The van der Waals surface area contributed by atoms with Crippen molar-refractivity contribution in [2.24, 2.45) is 0 Å². The zero-order chi connectivity index (χ0) is 22.1. The van der Waals surface area contributed by atoms with Gasteiger partial charge in [-0.2, -0.15) is 0 Å². The molecule has 0 saturated carbocycles. The number of carbonyl (C=O) groups excluding carboxylic acids is 1. The summed E-state index contributed by atoms with van der Waals surface area (Å²) in [5, 5.41) is 1.38. The molecule has 164 valence electrons. The fourth-order valence-electron chi connectivity index (χ4n) is 4.25. The van der Waals surface area contributed by atoms with Crippen molar-refractivity contribution in [2.75, 3.05) is 18.8 Å². The lowest BCUT2D eigenvalue weighted by Crippen LogP contribution is -2.32. The summed E-state index contributed by atoms with van der Waals surface area (Å²) in [6.45, 7) is 9.39. The summed E-state index contributed by atoms with van der Waals surface area (Å²) >= 11 is 3.02. The summed E-state index contributed by atoms with van der Waals surface area (Å²) in [6, 6.07) is 6.14. The Morgan fingerprint density at radius 1 is 1.19 bits per heavy atom. The molecule has 1 aliphatic carbocycles. The minimum absolute atomic E-state index is 0.00381. The number of thioether (sulfide) groups is 1. The van der Waals surface area contributed by atoms with E-state index in [2.05, 4.69) is 6.07 Å². The Labute approximate surface area is 191 Å². The Hall–Kier alpha value is -2.12. The molecule has 1 amide bonds. The van der Waals surface area contributed by atoms with Gasteiger partial charge in [0.15, 0.2) is 5.16 Å². The fraction of sp³-hybridized carbons (Fsp3) is 0.458. The van der Waals surface area contributed by atoms with Crippen LogP contribution in [0, 0.1) is 13.8 Å². The van der Waals surface area contributed by atoms with Gasteiger partial charge in [0.05, 0.1) is 16.8 Å². The number of thiophene rings is 1. The lowest BCUT2D eigenvalue weighted by Gasteiger charge is -2.19. The monoisotopic (exact) mass is 455 g/mol. The highest BCUT2D eigenvalue weighted by atomic mass is 32.2. The minimum Gasteiger partial charge on any atom is -0.343 e. The maximum atomic E-state index is 13.9. The summed E-state index contributed by atoms with van der Waals surface area (Å²) in [4.78, 5) is 35.4. The number of aromatic nitrogens is 2. The van der Waals surface area contributed by atoms with Gasteiger partial charge < -0.3 is 4.90 Å². The zero-order valence-corrected chi connectivity index (χ0v) is 20.3. The van der Waals surface area contributed by atoms with Gasteiger partial charge in [0.25, 0.3) is 5.56 Å². The van der Waals surface area contributed by atoms with Crippen molar-refractivity contribution in [3.63, 3.8) is 0 Å². The van der Waals surface area contributed by atoms with Crippen molar-refractivity contribution >= 4 is 39.2 Å². The molecule has 0 atom stereocenters. The quantitative estimate of drug-likeness (QED) is 0.392. The predicted octanol–water partition coefficient (Wildman–Crippen LogP) is 4.90. The molecule has 2 heterocycles. The molecule has 31 heavy (non-hydrogen) atoms. The average Bonchev–Trinajstić information content (AvgIpc) is 3.14. The van der Waals surface area contributed by atoms with Crippen molar-refractivity contribution in [1.82, 2.24) is 14.5 Å². The highest BCUT2D eigenvalue weighted by Gasteiger charge is 2.24. The topological polar surface area (TPSA) is 55.2 Å². The minimum atomic E-state index is -0.00381. The molecule has 0 unspecified atom stereocenters. The third kappa shape index (κ3) is 4.17. The molecule has 0 saturated heterocycles. The second-order valence-corrected chi connectivity index (χ2v) is 10.1. The van der Waals surface area contributed by atoms with Crippen molar-refractivity contribution in [3.05, 3.63) is 50.1 Å². The third-order valence-electron chi connectivity index (χ3n) is 6.00. The van der Waals surface area contributed by atoms with Gasteiger partial charge in [-0.3, -0.25) is 14.2 Å². The molecule has 0 bridgehead atoms. The average molecular weight is 456 g/mol. The predicted molar refractivity (Wildman–Crippen MR) is 130 cm³/mol. The van der Waals surface area contributed by atoms with Crippen LogP contribution in [0.1, 0.15) is 48.3 Å². The van der Waals surface area contributed by atoms with Crippen LogP contribution in [0.15, 0.2) is 28.2 Å². The van der Waals surface area contributed by atoms with E-state index in [1.165, 1.54) is 28.6 Å². The van der Waals surface area contributed by atoms with Crippen LogP contribution in [0.4, 0.5) is 0 Å². The van der Waals surface area contributed by atoms with E-state index in [0.29, 0.717) is 18.2 Å². The molecule has 2 aromatic heterocycles. The summed E-state index contributed by atoms with van der Waals surface area (Å²) in [5.41, 5.74) is 4.16. The van der Waals surface area contributed by atoms with Crippen LogP contribution in [0.2, 0.25) is 0 Å². The maximum absolute atomic E-state index is 13.9. The normalized spacial score (nSPS) is 13.4. The largest absolute Gasteiger partial charge is 0.343 e.